The van der Waals surface area contributed by atoms with Gasteiger partial charge in [0.25, 0.3) is 0 Å². The van der Waals surface area contributed by atoms with Gasteiger partial charge in [-0.05, 0) is 78.1 Å². The van der Waals surface area contributed by atoms with E-state index in [2.05, 4.69) is 71.3 Å². The lowest BCUT2D eigenvalue weighted by Gasteiger charge is -2.30. The Kier molecular flexibility index (Phi) is 8.45. The van der Waals surface area contributed by atoms with E-state index in [1.165, 1.54) is 11.3 Å². The second-order valence-electron chi connectivity index (χ2n) is 10.0. The van der Waals surface area contributed by atoms with Gasteiger partial charge in [0.15, 0.2) is 6.29 Å². The number of hydrogen-bond acceptors (Lipinski definition) is 6. The number of aryl methyl sites for hydroxylation is 1. The minimum atomic E-state index is 0.625. The van der Waals surface area contributed by atoms with Crippen LogP contribution in [0.4, 0.5) is 11.4 Å². The van der Waals surface area contributed by atoms with Gasteiger partial charge in [0.05, 0.1) is 31.2 Å². The van der Waals surface area contributed by atoms with Gasteiger partial charge in [0, 0.05) is 38.1 Å². The van der Waals surface area contributed by atoms with E-state index in [-0.39, 0.29) is 0 Å². The number of benzene rings is 3. The molecule has 4 aromatic rings. The Morgan fingerprint density at radius 2 is 1.55 bits per heavy atom. The number of aldehydes is 1. The largest absolute Gasteiger partial charge is 0.497 e. The van der Waals surface area contributed by atoms with E-state index in [1.54, 1.807) is 14.2 Å². The van der Waals surface area contributed by atoms with Gasteiger partial charge in [-0.1, -0.05) is 42.5 Å². The molecule has 6 nitrogen and oxygen atoms in total. The topological polar surface area (TPSA) is 54.9 Å². The molecule has 6 heteroatoms. The average Bonchev–Trinajstić information content (AvgIpc) is 3.01. The lowest BCUT2D eigenvalue weighted by molar-refractivity contribution is 0.112. The number of methoxy groups -OCH3 is 2. The molecule has 0 spiro atoms. The van der Waals surface area contributed by atoms with Crippen LogP contribution in [0, 0.1) is 6.92 Å². The van der Waals surface area contributed by atoms with Crippen molar-refractivity contribution < 1.29 is 14.3 Å². The molecule has 40 heavy (non-hydrogen) atoms. The smallest absolute Gasteiger partial charge is 0.154 e. The van der Waals surface area contributed by atoms with Crippen LogP contribution in [0.5, 0.6) is 11.5 Å². The third-order valence-corrected chi connectivity index (χ3v) is 7.37. The third-order valence-electron chi connectivity index (χ3n) is 7.37. The monoisotopic (exact) mass is 533 g/mol. The summed E-state index contributed by atoms with van der Waals surface area (Å²) < 4.78 is 10.7. The Morgan fingerprint density at radius 1 is 0.900 bits per heavy atom. The van der Waals surface area contributed by atoms with Crippen LogP contribution in [0.2, 0.25) is 0 Å². The number of ether oxygens (including phenoxy) is 2. The summed E-state index contributed by atoms with van der Waals surface area (Å²) in [5, 5.41) is 0. The van der Waals surface area contributed by atoms with Crippen molar-refractivity contribution in [1.82, 2.24) is 4.98 Å². The molecule has 0 radical (unpaired) electrons. The van der Waals surface area contributed by atoms with Gasteiger partial charge in [-0.2, -0.15) is 0 Å². The van der Waals surface area contributed by atoms with E-state index in [0.717, 1.165) is 65.4 Å². The molecule has 0 unspecified atom stereocenters. The van der Waals surface area contributed by atoms with E-state index in [1.807, 2.05) is 36.5 Å². The second kappa shape index (κ2) is 12.5. The van der Waals surface area contributed by atoms with Crippen LogP contribution in [-0.2, 0) is 13.1 Å². The standard InChI is InChI=1S/C34H35N3O3/c1-25-5-4-6-29(21-25)36-19-16-28(17-20-36)34-32(24-38)33(15-18-35-34)37(22-26-7-11-30(39-2)12-8-26)23-27-9-13-31(40-3)14-10-27/h4-16,18,21,24H,17,19-20,22-23H2,1-3H3. The molecule has 0 saturated heterocycles. The molecule has 0 amide bonds. The Morgan fingerprint density at radius 3 is 2.08 bits per heavy atom. The Labute approximate surface area is 236 Å². The van der Waals surface area contributed by atoms with Gasteiger partial charge in [-0.25, -0.2) is 0 Å². The van der Waals surface area contributed by atoms with Gasteiger partial charge < -0.3 is 19.3 Å². The van der Waals surface area contributed by atoms with Crippen LogP contribution in [0.3, 0.4) is 0 Å². The molecule has 0 aliphatic carbocycles. The third kappa shape index (κ3) is 6.18. The minimum absolute atomic E-state index is 0.625. The molecule has 0 atom stereocenters. The minimum Gasteiger partial charge on any atom is -0.497 e. The van der Waals surface area contributed by atoms with Crippen LogP contribution in [0.15, 0.2) is 91.1 Å². The number of carbonyl (C=O) groups excluding carboxylic acids is 1. The van der Waals surface area contributed by atoms with Gasteiger partial charge >= 0.3 is 0 Å². The summed E-state index contributed by atoms with van der Waals surface area (Å²) in [5.74, 6) is 1.63. The Balaban J connectivity index is 1.46. The van der Waals surface area contributed by atoms with Crippen LogP contribution in [0.25, 0.3) is 5.57 Å². The second-order valence-corrected chi connectivity index (χ2v) is 10.0. The van der Waals surface area contributed by atoms with Crippen molar-refractivity contribution in [3.63, 3.8) is 0 Å². The molecule has 3 aromatic carbocycles. The first-order chi connectivity index (χ1) is 19.6. The molecular weight excluding hydrogens is 498 g/mol. The van der Waals surface area contributed by atoms with Crippen molar-refractivity contribution in [3.05, 3.63) is 119 Å². The van der Waals surface area contributed by atoms with Crippen molar-refractivity contribution in [2.45, 2.75) is 26.4 Å². The first kappa shape index (κ1) is 27.0. The molecular formula is C34H35N3O3. The van der Waals surface area contributed by atoms with Gasteiger partial charge in [-0.15, -0.1) is 0 Å². The van der Waals surface area contributed by atoms with Crippen LogP contribution < -0.4 is 19.3 Å². The van der Waals surface area contributed by atoms with Gasteiger partial charge in [0.1, 0.15) is 11.5 Å². The highest BCUT2D eigenvalue weighted by Gasteiger charge is 2.21. The average molecular weight is 534 g/mol. The van der Waals surface area contributed by atoms with Gasteiger partial charge in [0.2, 0.25) is 0 Å². The zero-order chi connectivity index (χ0) is 27.9. The number of anilines is 2. The predicted molar refractivity (Wildman–Crippen MR) is 161 cm³/mol. The number of carbonyl (C=O) groups is 1. The molecule has 2 heterocycles. The summed E-state index contributed by atoms with van der Waals surface area (Å²) in [5.41, 5.74) is 8.09. The molecule has 0 N–H and O–H groups in total. The van der Waals surface area contributed by atoms with E-state index >= 15 is 0 Å². The molecule has 0 saturated carbocycles. The maximum atomic E-state index is 12.7. The highest BCUT2D eigenvalue weighted by atomic mass is 16.5. The number of hydrogen-bond donors (Lipinski definition) is 0. The molecule has 1 aliphatic heterocycles. The fourth-order valence-electron chi connectivity index (χ4n) is 5.18. The lowest BCUT2D eigenvalue weighted by atomic mass is 9.98. The van der Waals surface area contributed by atoms with Crippen LogP contribution in [0.1, 0.15) is 39.2 Å². The fraction of sp³-hybridized carbons (Fsp3) is 0.235. The van der Waals surface area contributed by atoms with Crippen molar-refractivity contribution in [1.29, 1.82) is 0 Å². The molecule has 5 rings (SSSR count). The van der Waals surface area contributed by atoms with Crippen molar-refractivity contribution in [3.8, 4) is 11.5 Å². The van der Waals surface area contributed by atoms with E-state index in [4.69, 9.17) is 14.5 Å². The van der Waals surface area contributed by atoms with E-state index < -0.39 is 0 Å². The van der Waals surface area contributed by atoms with Gasteiger partial charge in [-0.3, -0.25) is 9.78 Å². The van der Waals surface area contributed by atoms with Crippen molar-refractivity contribution in [2.75, 3.05) is 37.1 Å². The molecule has 0 fully saturated rings. The summed E-state index contributed by atoms with van der Waals surface area (Å²) in [6, 6.07) is 26.6. The molecule has 0 bridgehead atoms. The Bertz CT molecular complexity index is 1430. The molecule has 1 aromatic heterocycles. The summed E-state index contributed by atoms with van der Waals surface area (Å²) in [7, 11) is 3.33. The predicted octanol–water partition coefficient (Wildman–Crippen LogP) is 6.72. The quantitative estimate of drug-likeness (QED) is 0.211. The van der Waals surface area contributed by atoms with Crippen LogP contribution >= 0.6 is 0 Å². The lowest BCUT2D eigenvalue weighted by Crippen LogP contribution is -2.29. The number of pyridine rings is 1. The highest BCUT2D eigenvalue weighted by molar-refractivity contribution is 5.91. The maximum absolute atomic E-state index is 12.7. The maximum Gasteiger partial charge on any atom is 0.154 e. The normalized spacial score (nSPS) is 13.0. The van der Waals surface area contributed by atoms with E-state index in [0.29, 0.717) is 18.7 Å². The molecule has 1 aliphatic rings. The van der Waals surface area contributed by atoms with Crippen LogP contribution in [-0.4, -0.2) is 38.6 Å². The molecule has 204 valence electrons. The first-order valence-corrected chi connectivity index (χ1v) is 13.5. The summed E-state index contributed by atoms with van der Waals surface area (Å²) >= 11 is 0. The number of aromatic nitrogens is 1. The van der Waals surface area contributed by atoms with E-state index in [9.17, 15) is 4.79 Å². The van der Waals surface area contributed by atoms with Crippen molar-refractivity contribution >= 4 is 23.2 Å². The van der Waals surface area contributed by atoms with Crippen molar-refractivity contribution in [2.24, 2.45) is 0 Å². The first-order valence-electron chi connectivity index (χ1n) is 13.5. The number of rotatable bonds is 10. The summed E-state index contributed by atoms with van der Waals surface area (Å²) in [4.78, 5) is 22.0. The summed E-state index contributed by atoms with van der Waals surface area (Å²) in [6.45, 7) is 5.02. The Hall–Kier alpha value is -4.58. The fourth-order valence-corrected chi connectivity index (χ4v) is 5.18. The zero-order valence-corrected chi connectivity index (χ0v) is 23.3. The number of nitrogens with zero attached hydrogens (tertiary/aromatic N) is 3. The SMILES string of the molecule is COc1ccc(CN(Cc2ccc(OC)cc2)c2ccnc(C3=CCN(c4cccc(C)c4)CC3)c2C=O)cc1. The summed E-state index contributed by atoms with van der Waals surface area (Å²) in [6.07, 6.45) is 5.81. The highest BCUT2D eigenvalue weighted by Crippen LogP contribution is 2.32. The zero-order valence-electron chi connectivity index (χ0n) is 23.3.